The summed E-state index contributed by atoms with van der Waals surface area (Å²) >= 11 is 1.50. The third-order valence-electron chi connectivity index (χ3n) is 6.75. The first-order valence-electron chi connectivity index (χ1n) is 11.3. The molecule has 0 atom stereocenters. The zero-order chi connectivity index (χ0) is 23.4. The first kappa shape index (κ1) is 21.5. The van der Waals surface area contributed by atoms with E-state index >= 15 is 0 Å². The Morgan fingerprint density at radius 3 is 2.38 bits per heavy atom. The molecular weight excluding hydrogens is 466 g/mol. The third kappa shape index (κ3) is 3.45. The summed E-state index contributed by atoms with van der Waals surface area (Å²) < 4.78 is 27.4. The van der Waals surface area contributed by atoms with E-state index in [0.717, 1.165) is 27.3 Å². The Labute approximate surface area is 202 Å². The normalized spacial score (nSPS) is 16.0. The Kier molecular flexibility index (Phi) is 5.05. The van der Waals surface area contributed by atoms with Crippen LogP contribution in [0.1, 0.15) is 18.4 Å². The summed E-state index contributed by atoms with van der Waals surface area (Å²) in [6.45, 7) is 2.59. The van der Waals surface area contributed by atoms with Crippen LogP contribution in [0, 0.1) is 12.8 Å². The van der Waals surface area contributed by atoms with E-state index in [2.05, 4.69) is 29.6 Å². The van der Waals surface area contributed by atoms with Crippen molar-refractivity contribution in [2.45, 2.75) is 24.7 Å². The molecule has 1 aliphatic carbocycles. The summed E-state index contributed by atoms with van der Waals surface area (Å²) in [7, 11) is -3.54. The summed E-state index contributed by atoms with van der Waals surface area (Å²) in [5.41, 5.74) is 4.21. The number of hydrogen-bond acceptors (Lipinski definition) is 5. The van der Waals surface area contributed by atoms with Crippen LogP contribution in [-0.4, -0.2) is 36.7 Å². The highest BCUT2D eigenvalue weighted by molar-refractivity contribution is 7.89. The number of aryl methyl sites for hydroxylation is 1. The molecule has 1 N–H and O–H groups in total. The highest BCUT2D eigenvalue weighted by atomic mass is 32.2. The molecule has 172 valence electrons. The van der Waals surface area contributed by atoms with Crippen LogP contribution in [0.15, 0.2) is 65.6 Å². The van der Waals surface area contributed by atoms with E-state index in [1.165, 1.54) is 26.4 Å². The van der Waals surface area contributed by atoms with E-state index in [1.807, 2.05) is 19.1 Å². The van der Waals surface area contributed by atoms with Gasteiger partial charge in [0, 0.05) is 30.1 Å². The number of carbonyl (C=O) groups excluding carboxylic acids is 1. The number of rotatable bonds is 4. The fourth-order valence-corrected chi connectivity index (χ4v) is 7.38. The Bertz CT molecular complexity index is 1480. The van der Waals surface area contributed by atoms with Gasteiger partial charge in [0.25, 0.3) is 0 Å². The molecule has 6 nitrogen and oxygen atoms in total. The molecule has 0 bridgehead atoms. The van der Waals surface area contributed by atoms with Crippen LogP contribution in [-0.2, 0) is 14.8 Å². The number of sulfonamides is 1. The molecule has 34 heavy (non-hydrogen) atoms. The van der Waals surface area contributed by atoms with Crippen LogP contribution in [0.4, 0.5) is 5.13 Å². The largest absolute Gasteiger partial charge is 0.302 e. The lowest BCUT2D eigenvalue weighted by Gasteiger charge is -2.30. The molecule has 0 spiro atoms. The second-order valence-electron chi connectivity index (χ2n) is 8.89. The number of aromatic nitrogens is 1. The van der Waals surface area contributed by atoms with Crippen molar-refractivity contribution in [2.24, 2.45) is 5.92 Å². The minimum atomic E-state index is -3.54. The minimum absolute atomic E-state index is 0.0914. The molecule has 6 rings (SSSR count). The van der Waals surface area contributed by atoms with Gasteiger partial charge in [0.2, 0.25) is 15.9 Å². The molecule has 2 aliphatic rings. The number of benzene rings is 3. The summed E-state index contributed by atoms with van der Waals surface area (Å²) in [5.74, 6) is -0.328. The van der Waals surface area contributed by atoms with Gasteiger partial charge in [-0.15, -0.1) is 0 Å². The van der Waals surface area contributed by atoms with Crippen molar-refractivity contribution in [3.05, 3.63) is 66.2 Å². The minimum Gasteiger partial charge on any atom is -0.302 e. The van der Waals surface area contributed by atoms with Crippen molar-refractivity contribution in [1.82, 2.24) is 9.29 Å². The van der Waals surface area contributed by atoms with Crippen molar-refractivity contribution in [2.75, 3.05) is 18.4 Å². The van der Waals surface area contributed by atoms with Gasteiger partial charge in [-0.2, -0.15) is 4.31 Å². The number of fused-ring (bicyclic) bond motifs is 3. The fraction of sp³-hybridized carbons (Fsp3) is 0.231. The zero-order valence-corrected chi connectivity index (χ0v) is 20.2. The molecular formula is C26H23N3O3S2. The zero-order valence-electron chi connectivity index (χ0n) is 18.6. The monoisotopic (exact) mass is 489 g/mol. The van der Waals surface area contributed by atoms with Crippen LogP contribution in [0.5, 0.6) is 0 Å². The predicted molar refractivity (Wildman–Crippen MR) is 135 cm³/mol. The Hall–Kier alpha value is -3.07. The standard InChI is InChI=1S/C26H23N3O3S2/c1-16-8-10-19(11-9-16)34(31,32)29-14-12-18(13-15-29)25(30)28-26-27-23-20-6-2-4-17-5-3-7-21(22(17)20)24(23)33-26/h2-11,18H,12-15H2,1H3,(H,27,28,30). The highest BCUT2D eigenvalue weighted by Gasteiger charge is 2.33. The molecule has 0 saturated carbocycles. The van der Waals surface area contributed by atoms with Crippen LogP contribution in [0.3, 0.4) is 0 Å². The molecule has 4 aromatic rings. The van der Waals surface area contributed by atoms with Crippen LogP contribution < -0.4 is 5.32 Å². The molecule has 1 aliphatic heterocycles. The second kappa shape index (κ2) is 8.01. The number of hydrogen-bond donors (Lipinski definition) is 1. The smallest absolute Gasteiger partial charge is 0.243 e. The van der Waals surface area contributed by atoms with Crippen molar-refractivity contribution < 1.29 is 13.2 Å². The molecule has 0 unspecified atom stereocenters. The molecule has 1 aromatic heterocycles. The van der Waals surface area contributed by atoms with Gasteiger partial charge in [-0.05, 0) is 42.7 Å². The maximum absolute atomic E-state index is 13.0. The summed E-state index contributed by atoms with van der Waals surface area (Å²) in [4.78, 5) is 19.1. The van der Waals surface area contributed by atoms with E-state index in [0.29, 0.717) is 36.0 Å². The maximum Gasteiger partial charge on any atom is 0.243 e. The summed E-state index contributed by atoms with van der Waals surface area (Å²) in [6.07, 6.45) is 0.980. The number of nitrogens with one attached hydrogen (secondary N) is 1. The second-order valence-corrected chi connectivity index (χ2v) is 11.8. The van der Waals surface area contributed by atoms with Crippen LogP contribution in [0.2, 0.25) is 0 Å². The SMILES string of the molecule is Cc1ccc(S(=O)(=O)N2CCC(C(=O)Nc3nc4c(s3)-c3cccc5cccc-4c35)CC2)cc1. The molecule has 8 heteroatoms. The molecule has 1 amide bonds. The topological polar surface area (TPSA) is 79.4 Å². The lowest BCUT2D eigenvalue weighted by molar-refractivity contribution is -0.120. The first-order valence-corrected chi connectivity index (χ1v) is 13.6. The highest BCUT2D eigenvalue weighted by Crippen LogP contribution is 2.50. The Balaban J connectivity index is 1.15. The number of piperidine rings is 1. The quantitative estimate of drug-likeness (QED) is 0.372. The van der Waals surface area contributed by atoms with Crippen molar-refractivity contribution in [3.63, 3.8) is 0 Å². The van der Waals surface area contributed by atoms with E-state index in [9.17, 15) is 13.2 Å². The number of amides is 1. The average molecular weight is 490 g/mol. The van der Waals surface area contributed by atoms with E-state index in [1.54, 1.807) is 24.3 Å². The first-order chi connectivity index (χ1) is 16.4. The number of thiazole rings is 1. The molecule has 0 radical (unpaired) electrons. The molecule has 3 aromatic carbocycles. The van der Waals surface area contributed by atoms with Crippen molar-refractivity contribution in [1.29, 1.82) is 0 Å². The molecule has 2 heterocycles. The van der Waals surface area contributed by atoms with Gasteiger partial charge >= 0.3 is 0 Å². The van der Waals surface area contributed by atoms with E-state index in [4.69, 9.17) is 4.98 Å². The number of anilines is 1. The number of carbonyl (C=O) groups is 1. The lowest BCUT2D eigenvalue weighted by Crippen LogP contribution is -2.41. The van der Waals surface area contributed by atoms with Gasteiger partial charge in [0.1, 0.15) is 0 Å². The Morgan fingerprint density at radius 2 is 1.68 bits per heavy atom. The lowest BCUT2D eigenvalue weighted by atomic mass is 9.97. The van der Waals surface area contributed by atoms with Gasteiger partial charge in [0.15, 0.2) is 5.13 Å². The third-order valence-corrected chi connectivity index (χ3v) is 9.66. The Morgan fingerprint density at radius 1 is 1.00 bits per heavy atom. The average Bonchev–Trinajstić information content (AvgIpc) is 3.39. The van der Waals surface area contributed by atoms with Gasteiger partial charge in [-0.1, -0.05) is 65.4 Å². The van der Waals surface area contributed by atoms with Crippen LogP contribution in [0.25, 0.3) is 32.5 Å². The predicted octanol–water partition coefficient (Wildman–Crippen LogP) is 5.29. The van der Waals surface area contributed by atoms with Gasteiger partial charge in [0.05, 0.1) is 15.5 Å². The molecule has 1 saturated heterocycles. The van der Waals surface area contributed by atoms with Gasteiger partial charge < -0.3 is 5.32 Å². The summed E-state index contributed by atoms with van der Waals surface area (Å²) in [6, 6.07) is 19.4. The number of nitrogens with zero attached hydrogens (tertiary/aromatic N) is 2. The van der Waals surface area contributed by atoms with E-state index < -0.39 is 10.0 Å². The fourth-order valence-electron chi connectivity index (χ4n) is 4.89. The van der Waals surface area contributed by atoms with Crippen molar-refractivity contribution in [3.8, 4) is 21.7 Å². The van der Waals surface area contributed by atoms with Gasteiger partial charge in [-0.3, -0.25) is 4.79 Å². The van der Waals surface area contributed by atoms with Gasteiger partial charge in [-0.25, -0.2) is 13.4 Å². The summed E-state index contributed by atoms with van der Waals surface area (Å²) in [5, 5.41) is 6.00. The van der Waals surface area contributed by atoms with Crippen LogP contribution >= 0.6 is 11.3 Å². The van der Waals surface area contributed by atoms with E-state index in [-0.39, 0.29) is 11.8 Å². The van der Waals surface area contributed by atoms with Crippen molar-refractivity contribution >= 4 is 43.2 Å². The molecule has 1 fully saturated rings. The maximum atomic E-state index is 13.0.